The van der Waals surface area contributed by atoms with Gasteiger partial charge in [0.05, 0.1) is 15.5 Å². The Morgan fingerprint density at radius 3 is 2.31 bits per heavy atom. The van der Waals surface area contributed by atoms with Crippen molar-refractivity contribution in [3.8, 4) is 5.75 Å². The van der Waals surface area contributed by atoms with Gasteiger partial charge in [0.15, 0.2) is 0 Å². The van der Waals surface area contributed by atoms with Gasteiger partial charge in [-0.15, -0.1) is 0 Å². The van der Waals surface area contributed by atoms with Crippen LogP contribution in [0.25, 0.3) is 0 Å². The molecule has 0 aromatic heterocycles. The van der Waals surface area contributed by atoms with E-state index in [2.05, 4.69) is 0 Å². The fourth-order valence-corrected chi connectivity index (χ4v) is 5.03. The van der Waals surface area contributed by atoms with Crippen LogP contribution in [0, 0.1) is 6.92 Å². The van der Waals surface area contributed by atoms with Gasteiger partial charge < -0.3 is 9.84 Å². The molecule has 1 aliphatic heterocycles. The van der Waals surface area contributed by atoms with Crippen LogP contribution < -0.4 is 4.74 Å². The third kappa shape index (κ3) is 6.14. The first-order valence-electron chi connectivity index (χ1n) is 9.93. The number of piperazine rings is 1. The van der Waals surface area contributed by atoms with Gasteiger partial charge >= 0.3 is 6.18 Å². The van der Waals surface area contributed by atoms with Crippen LogP contribution in [-0.2, 0) is 16.2 Å². The molecule has 1 atom stereocenters. The Balaban J connectivity index is 1.55. The molecule has 1 unspecified atom stereocenters. The van der Waals surface area contributed by atoms with Gasteiger partial charge in [-0.05, 0) is 37.3 Å². The molecule has 1 heterocycles. The lowest BCUT2D eigenvalue weighted by Gasteiger charge is -2.35. The lowest BCUT2D eigenvalue weighted by atomic mass is 10.2. The summed E-state index contributed by atoms with van der Waals surface area (Å²) < 4.78 is 71.6. The summed E-state index contributed by atoms with van der Waals surface area (Å²) in [6, 6.07) is 10.0. The van der Waals surface area contributed by atoms with Crippen LogP contribution in [0.5, 0.6) is 5.75 Å². The van der Waals surface area contributed by atoms with Crippen molar-refractivity contribution >= 4 is 21.6 Å². The molecule has 0 aliphatic carbocycles. The Kier molecular flexibility index (Phi) is 7.72. The highest BCUT2D eigenvalue weighted by atomic mass is 35.5. The second kappa shape index (κ2) is 9.96. The molecule has 3 rings (SSSR count). The van der Waals surface area contributed by atoms with Crippen LogP contribution in [0.4, 0.5) is 13.2 Å². The Morgan fingerprint density at radius 1 is 1.09 bits per heavy atom. The SMILES string of the molecule is Cc1ccc(OCC(O)CN2CCN(S(=O)(=O)c3ccc(Cl)c(C(F)(F)F)c3)CC2)cc1. The van der Waals surface area contributed by atoms with E-state index < -0.39 is 37.8 Å². The summed E-state index contributed by atoms with van der Waals surface area (Å²) >= 11 is 5.59. The van der Waals surface area contributed by atoms with Crippen LogP contribution >= 0.6 is 11.6 Å². The minimum atomic E-state index is -4.75. The molecular formula is C21H24ClF3N2O4S. The number of sulfonamides is 1. The molecule has 1 fully saturated rings. The highest BCUT2D eigenvalue weighted by molar-refractivity contribution is 7.89. The lowest BCUT2D eigenvalue weighted by Crippen LogP contribution is -2.50. The van der Waals surface area contributed by atoms with E-state index in [9.17, 15) is 26.7 Å². The number of ether oxygens (including phenoxy) is 1. The summed E-state index contributed by atoms with van der Waals surface area (Å²) in [7, 11) is -4.10. The van der Waals surface area contributed by atoms with E-state index in [0.29, 0.717) is 31.5 Å². The number of benzene rings is 2. The van der Waals surface area contributed by atoms with Crippen LogP contribution in [0.3, 0.4) is 0 Å². The summed E-state index contributed by atoms with van der Waals surface area (Å²) in [5, 5.41) is 9.68. The van der Waals surface area contributed by atoms with Gasteiger partial charge in [-0.2, -0.15) is 17.5 Å². The summed E-state index contributed by atoms with van der Waals surface area (Å²) in [6.07, 6.45) is -5.52. The van der Waals surface area contributed by atoms with E-state index in [1.54, 1.807) is 0 Å². The molecule has 1 aliphatic rings. The maximum atomic E-state index is 13.1. The maximum absolute atomic E-state index is 13.1. The number of halogens is 4. The highest BCUT2D eigenvalue weighted by Crippen LogP contribution is 2.36. The molecule has 6 nitrogen and oxygen atoms in total. The third-order valence-electron chi connectivity index (χ3n) is 5.14. The Bertz CT molecular complexity index is 1020. The molecule has 0 bridgehead atoms. The Labute approximate surface area is 190 Å². The third-order valence-corrected chi connectivity index (χ3v) is 7.37. The second-order valence-electron chi connectivity index (χ2n) is 7.62. The number of hydrogen-bond acceptors (Lipinski definition) is 5. The first kappa shape index (κ1) is 24.8. The Morgan fingerprint density at radius 2 is 1.72 bits per heavy atom. The number of hydrogen-bond donors (Lipinski definition) is 1. The first-order valence-corrected chi connectivity index (χ1v) is 11.8. The molecule has 2 aromatic rings. The molecule has 0 spiro atoms. The molecule has 11 heteroatoms. The van der Waals surface area contributed by atoms with E-state index in [4.69, 9.17) is 16.3 Å². The van der Waals surface area contributed by atoms with Crippen LogP contribution in [0.15, 0.2) is 47.4 Å². The van der Waals surface area contributed by atoms with Crippen LogP contribution in [0.1, 0.15) is 11.1 Å². The molecule has 0 saturated carbocycles. The largest absolute Gasteiger partial charge is 0.491 e. The summed E-state index contributed by atoms with van der Waals surface area (Å²) in [5.74, 6) is 0.645. The van der Waals surface area contributed by atoms with Crippen molar-refractivity contribution in [3.05, 3.63) is 58.6 Å². The number of aliphatic hydroxyl groups excluding tert-OH is 1. The normalized spacial score (nSPS) is 17.3. The van der Waals surface area contributed by atoms with Crippen LogP contribution in [-0.4, -0.2) is 68.2 Å². The Hall–Kier alpha value is -1.85. The number of nitrogens with zero attached hydrogens (tertiary/aromatic N) is 2. The molecule has 1 N–H and O–H groups in total. The quantitative estimate of drug-likeness (QED) is 0.641. The van der Waals surface area contributed by atoms with Gasteiger partial charge in [-0.1, -0.05) is 29.3 Å². The van der Waals surface area contributed by atoms with Gasteiger partial charge in [0, 0.05) is 32.7 Å². The first-order chi connectivity index (χ1) is 15.0. The fraction of sp³-hybridized carbons (Fsp3) is 0.429. The van der Waals surface area contributed by atoms with Gasteiger partial charge in [0.2, 0.25) is 10.0 Å². The van der Waals surface area contributed by atoms with Crippen molar-refractivity contribution < 1.29 is 31.4 Å². The lowest BCUT2D eigenvalue weighted by molar-refractivity contribution is -0.137. The predicted molar refractivity (Wildman–Crippen MR) is 114 cm³/mol. The molecule has 32 heavy (non-hydrogen) atoms. The number of alkyl halides is 3. The number of aliphatic hydroxyl groups is 1. The summed E-state index contributed by atoms with van der Waals surface area (Å²) in [5.41, 5.74) is -0.0884. The number of rotatable bonds is 7. The molecule has 2 aromatic carbocycles. The zero-order valence-corrected chi connectivity index (χ0v) is 18.9. The van der Waals surface area contributed by atoms with Crippen LogP contribution in [0.2, 0.25) is 5.02 Å². The minimum absolute atomic E-state index is 0.0898. The standard InChI is InChI=1S/C21H24ClF3N2O4S/c1-15-2-4-17(5-3-15)31-14-16(28)13-26-8-10-27(11-9-26)32(29,30)18-6-7-20(22)19(12-18)21(23,24)25/h2-7,12,16,28H,8-11,13-14H2,1H3. The number of β-amino-alcohol motifs (C(OH)–C–C–N with tert-alkyl or cyclic N) is 1. The van der Waals surface area contributed by atoms with E-state index in [0.717, 1.165) is 22.0 Å². The second-order valence-corrected chi connectivity index (χ2v) is 9.97. The molecule has 0 radical (unpaired) electrons. The van der Waals surface area contributed by atoms with E-state index in [1.807, 2.05) is 36.1 Å². The summed E-state index contributed by atoms with van der Waals surface area (Å²) in [4.78, 5) is 1.44. The van der Waals surface area contributed by atoms with Crippen molar-refractivity contribution in [2.75, 3.05) is 39.3 Å². The molecule has 0 amide bonds. The van der Waals surface area contributed by atoms with E-state index >= 15 is 0 Å². The minimum Gasteiger partial charge on any atom is -0.491 e. The maximum Gasteiger partial charge on any atom is 0.417 e. The predicted octanol–water partition coefficient (Wildman–Crippen LogP) is 3.41. The zero-order valence-electron chi connectivity index (χ0n) is 17.3. The van der Waals surface area contributed by atoms with Crippen molar-refractivity contribution in [2.45, 2.75) is 24.1 Å². The fourth-order valence-electron chi connectivity index (χ4n) is 3.36. The van der Waals surface area contributed by atoms with Crippen molar-refractivity contribution in [2.24, 2.45) is 0 Å². The monoisotopic (exact) mass is 492 g/mol. The summed E-state index contributed by atoms with van der Waals surface area (Å²) in [6.45, 7) is 3.20. The van der Waals surface area contributed by atoms with Crippen molar-refractivity contribution in [1.82, 2.24) is 9.21 Å². The van der Waals surface area contributed by atoms with E-state index in [1.165, 1.54) is 0 Å². The van der Waals surface area contributed by atoms with E-state index in [-0.39, 0.29) is 19.7 Å². The van der Waals surface area contributed by atoms with Gasteiger partial charge in [-0.3, -0.25) is 4.90 Å². The molecular weight excluding hydrogens is 469 g/mol. The average molecular weight is 493 g/mol. The number of aryl methyl sites for hydroxylation is 1. The van der Waals surface area contributed by atoms with Gasteiger partial charge in [-0.25, -0.2) is 8.42 Å². The van der Waals surface area contributed by atoms with Gasteiger partial charge in [0.25, 0.3) is 0 Å². The average Bonchev–Trinajstić information content (AvgIpc) is 2.73. The highest BCUT2D eigenvalue weighted by Gasteiger charge is 2.36. The zero-order chi connectivity index (χ0) is 23.5. The van der Waals surface area contributed by atoms with Crippen molar-refractivity contribution in [1.29, 1.82) is 0 Å². The van der Waals surface area contributed by atoms with Crippen molar-refractivity contribution in [3.63, 3.8) is 0 Å². The topological polar surface area (TPSA) is 70.1 Å². The molecule has 1 saturated heterocycles. The van der Waals surface area contributed by atoms with Gasteiger partial charge in [0.1, 0.15) is 18.5 Å². The molecule has 176 valence electrons. The smallest absolute Gasteiger partial charge is 0.417 e.